The molecule has 1 aliphatic carbocycles. The van der Waals surface area contributed by atoms with Gasteiger partial charge in [0.1, 0.15) is 5.76 Å². The highest BCUT2D eigenvalue weighted by molar-refractivity contribution is 6.74. The molecule has 23 heavy (non-hydrogen) atoms. The van der Waals surface area contributed by atoms with Gasteiger partial charge in [0.05, 0.1) is 0 Å². The van der Waals surface area contributed by atoms with Crippen LogP contribution in [0.5, 0.6) is 0 Å². The van der Waals surface area contributed by atoms with E-state index in [0.717, 1.165) is 12.0 Å². The topological polar surface area (TPSA) is 75.6 Å². The zero-order chi connectivity index (χ0) is 17.8. The second-order valence-electron chi connectivity index (χ2n) is 7.67. The van der Waals surface area contributed by atoms with Crippen LogP contribution >= 0.6 is 0 Å². The van der Waals surface area contributed by atoms with Gasteiger partial charge in [-0.3, -0.25) is 4.79 Å². The predicted octanol–water partition coefficient (Wildman–Crippen LogP) is 4.23. The molecule has 0 bridgehead atoms. The number of rotatable bonds is 6. The van der Waals surface area contributed by atoms with Gasteiger partial charge in [0.25, 0.3) is 8.32 Å². The molecule has 0 aliphatic heterocycles. The van der Waals surface area contributed by atoms with Gasteiger partial charge in [-0.2, -0.15) is 0 Å². The van der Waals surface area contributed by atoms with Gasteiger partial charge in [-0.1, -0.05) is 26.8 Å². The first-order valence-corrected chi connectivity index (χ1v) is 11.0. The zero-order valence-corrected chi connectivity index (χ0v) is 16.0. The predicted molar refractivity (Wildman–Crippen MR) is 93.9 cm³/mol. The third kappa shape index (κ3) is 5.86. The molecule has 0 aromatic rings. The molecule has 0 fully saturated rings. The van der Waals surface area contributed by atoms with Gasteiger partial charge in [-0.05, 0) is 49.5 Å². The SMILES string of the molecule is CC(CCC1=CCC(=O)C(O[Si](C)(C)C(C)(C)C)=C1)NC(=O)O. The molecule has 1 rings (SSSR count). The van der Waals surface area contributed by atoms with Crippen LogP contribution in [0.3, 0.4) is 0 Å². The Morgan fingerprint density at radius 3 is 2.57 bits per heavy atom. The second-order valence-corrected chi connectivity index (χ2v) is 12.4. The van der Waals surface area contributed by atoms with Crippen molar-refractivity contribution in [1.29, 1.82) is 0 Å². The molecule has 1 amide bonds. The largest absolute Gasteiger partial charge is 0.541 e. The highest BCUT2D eigenvalue weighted by Gasteiger charge is 2.40. The van der Waals surface area contributed by atoms with Crippen molar-refractivity contribution in [1.82, 2.24) is 5.32 Å². The van der Waals surface area contributed by atoms with Crippen LogP contribution in [0, 0.1) is 0 Å². The lowest BCUT2D eigenvalue weighted by Gasteiger charge is -2.37. The minimum atomic E-state index is -2.04. The van der Waals surface area contributed by atoms with E-state index < -0.39 is 14.4 Å². The van der Waals surface area contributed by atoms with Crippen LogP contribution in [0.15, 0.2) is 23.5 Å². The summed E-state index contributed by atoms with van der Waals surface area (Å²) in [6, 6.07) is -0.121. The van der Waals surface area contributed by atoms with Gasteiger partial charge in [-0.25, -0.2) is 4.79 Å². The van der Waals surface area contributed by atoms with E-state index in [4.69, 9.17) is 9.53 Å². The van der Waals surface area contributed by atoms with Gasteiger partial charge < -0.3 is 14.8 Å². The number of amides is 1. The molecule has 6 heteroatoms. The van der Waals surface area contributed by atoms with Gasteiger partial charge in [0.2, 0.25) is 0 Å². The molecule has 0 saturated heterocycles. The van der Waals surface area contributed by atoms with Crippen molar-refractivity contribution in [2.75, 3.05) is 0 Å². The summed E-state index contributed by atoms with van der Waals surface area (Å²) in [5.41, 5.74) is 1.04. The van der Waals surface area contributed by atoms with E-state index in [1.54, 1.807) is 0 Å². The minimum Gasteiger partial charge on any atom is -0.541 e. The fourth-order valence-electron chi connectivity index (χ4n) is 1.99. The van der Waals surface area contributed by atoms with Crippen LogP contribution < -0.4 is 5.32 Å². The Bertz CT molecular complexity index is 529. The number of allylic oxidation sites excluding steroid dienone is 4. The molecular weight excluding hydrogens is 310 g/mol. The third-order valence-electron chi connectivity index (χ3n) is 4.55. The molecule has 5 nitrogen and oxygen atoms in total. The molecule has 0 aromatic heterocycles. The van der Waals surface area contributed by atoms with E-state index in [9.17, 15) is 9.59 Å². The lowest BCUT2D eigenvalue weighted by Crippen LogP contribution is -2.41. The van der Waals surface area contributed by atoms with Gasteiger partial charge >= 0.3 is 6.09 Å². The normalized spacial score (nSPS) is 17.2. The van der Waals surface area contributed by atoms with Crippen molar-refractivity contribution >= 4 is 20.2 Å². The van der Waals surface area contributed by atoms with Crippen molar-refractivity contribution in [2.24, 2.45) is 0 Å². The molecule has 0 saturated carbocycles. The average Bonchev–Trinajstić information content (AvgIpc) is 2.37. The highest BCUT2D eigenvalue weighted by Crippen LogP contribution is 2.38. The summed E-state index contributed by atoms with van der Waals surface area (Å²) in [7, 11) is -2.04. The summed E-state index contributed by atoms with van der Waals surface area (Å²) >= 11 is 0. The minimum absolute atomic E-state index is 0.0234. The second kappa shape index (κ2) is 7.34. The van der Waals surface area contributed by atoms with E-state index in [-0.39, 0.29) is 16.9 Å². The quantitative estimate of drug-likeness (QED) is 0.710. The Kier molecular flexibility index (Phi) is 6.22. The number of carboxylic acid groups (broad SMARTS) is 1. The summed E-state index contributed by atoms with van der Waals surface area (Å²) in [4.78, 5) is 22.7. The fraction of sp³-hybridized carbons (Fsp3) is 0.647. The molecule has 2 N–H and O–H groups in total. The van der Waals surface area contributed by atoms with Crippen LogP contribution in [0.4, 0.5) is 4.79 Å². The number of ketones is 1. The van der Waals surface area contributed by atoms with Crippen molar-refractivity contribution < 1.29 is 19.1 Å². The molecule has 1 atom stereocenters. The highest BCUT2D eigenvalue weighted by atomic mass is 28.4. The molecule has 0 aromatic carbocycles. The maximum atomic E-state index is 12.1. The summed E-state index contributed by atoms with van der Waals surface area (Å²) in [5.74, 6) is 0.489. The van der Waals surface area contributed by atoms with Crippen LogP contribution in [-0.4, -0.2) is 31.3 Å². The van der Waals surface area contributed by atoms with Gasteiger partial charge in [0.15, 0.2) is 5.78 Å². The number of hydrogen-bond acceptors (Lipinski definition) is 3. The van der Waals surface area contributed by atoms with Crippen molar-refractivity contribution in [3.63, 3.8) is 0 Å². The Morgan fingerprint density at radius 2 is 2.04 bits per heavy atom. The molecular formula is C17H29NO4Si. The molecule has 0 spiro atoms. The number of carbonyl (C=O) groups excluding carboxylic acids is 1. The van der Waals surface area contributed by atoms with E-state index in [2.05, 4.69) is 39.2 Å². The number of Topliss-reactive ketones (excluding diaryl/α,β-unsaturated/α-hetero) is 1. The van der Waals surface area contributed by atoms with Gasteiger partial charge in [-0.15, -0.1) is 0 Å². The molecule has 1 aliphatic rings. The van der Waals surface area contributed by atoms with E-state index >= 15 is 0 Å². The van der Waals surface area contributed by atoms with Crippen LogP contribution in [-0.2, 0) is 9.22 Å². The lowest BCUT2D eigenvalue weighted by molar-refractivity contribution is -0.117. The monoisotopic (exact) mass is 339 g/mol. The molecule has 1 unspecified atom stereocenters. The summed E-state index contributed by atoms with van der Waals surface area (Å²) < 4.78 is 6.16. The summed E-state index contributed by atoms with van der Waals surface area (Å²) in [6.07, 6.45) is 4.50. The maximum Gasteiger partial charge on any atom is 0.404 e. The maximum absolute atomic E-state index is 12.1. The number of hydrogen-bond donors (Lipinski definition) is 2. The molecule has 0 heterocycles. The van der Waals surface area contributed by atoms with Crippen LogP contribution in [0.2, 0.25) is 18.1 Å². The van der Waals surface area contributed by atoms with E-state index in [1.807, 2.05) is 19.1 Å². The first-order chi connectivity index (χ1) is 10.4. The van der Waals surface area contributed by atoms with Crippen LogP contribution in [0.1, 0.15) is 47.0 Å². The van der Waals surface area contributed by atoms with E-state index in [0.29, 0.717) is 18.6 Å². The Labute approximate surface area is 139 Å². The average molecular weight is 340 g/mol. The van der Waals surface area contributed by atoms with Crippen LogP contribution in [0.25, 0.3) is 0 Å². The Hall–Kier alpha value is -1.56. The number of nitrogens with one attached hydrogen (secondary N) is 1. The van der Waals surface area contributed by atoms with Crippen molar-refractivity contribution in [3.05, 3.63) is 23.5 Å². The first kappa shape index (κ1) is 19.5. The third-order valence-corrected chi connectivity index (χ3v) is 8.89. The lowest BCUT2D eigenvalue weighted by atomic mass is 9.99. The Balaban J connectivity index is 2.73. The van der Waals surface area contributed by atoms with E-state index in [1.165, 1.54) is 0 Å². The summed E-state index contributed by atoms with van der Waals surface area (Å²) in [6.45, 7) is 12.5. The standard InChI is InChI=1S/C17H29NO4Si/c1-12(18-16(20)21)7-8-13-9-10-14(19)15(11-13)22-23(5,6)17(2,3)4/h9,11-12,18H,7-8,10H2,1-6H3,(H,20,21). The van der Waals surface area contributed by atoms with Crippen molar-refractivity contribution in [2.45, 2.75) is 71.1 Å². The summed E-state index contributed by atoms with van der Waals surface area (Å²) in [5, 5.41) is 11.2. The van der Waals surface area contributed by atoms with Crippen molar-refractivity contribution in [3.8, 4) is 0 Å². The van der Waals surface area contributed by atoms with Gasteiger partial charge in [0, 0.05) is 12.5 Å². The fourth-order valence-corrected chi connectivity index (χ4v) is 3.02. The Morgan fingerprint density at radius 1 is 1.43 bits per heavy atom. The number of carbonyl (C=O) groups is 2. The zero-order valence-electron chi connectivity index (χ0n) is 15.0. The first-order valence-electron chi connectivity index (χ1n) is 8.05. The molecule has 0 radical (unpaired) electrons. The molecule has 130 valence electrons. The smallest absolute Gasteiger partial charge is 0.404 e.